The summed E-state index contributed by atoms with van der Waals surface area (Å²) in [6, 6.07) is 1.92. The van der Waals surface area contributed by atoms with Gasteiger partial charge in [0.1, 0.15) is 0 Å². The first-order chi connectivity index (χ1) is 12.1. The third-order valence-corrected chi connectivity index (χ3v) is 5.38. The SMILES string of the molecule is Cc1cc(C(=O)N2C[C@H](CO)C[C@H](CN3CCOCC3)C2)cnc1C. The van der Waals surface area contributed by atoms with Crippen LogP contribution in [0.15, 0.2) is 12.3 Å². The van der Waals surface area contributed by atoms with Gasteiger partial charge in [0.25, 0.3) is 5.91 Å². The molecule has 2 atom stereocenters. The Morgan fingerprint density at radius 1 is 1.28 bits per heavy atom. The summed E-state index contributed by atoms with van der Waals surface area (Å²) >= 11 is 0. The van der Waals surface area contributed by atoms with E-state index in [-0.39, 0.29) is 18.4 Å². The fourth-order valence-electron chi connectivity index (χ4n) is 3.84. The lowest BCUT2D eigenvalue weighted by Gasteiger charge is -2.40. The third kappa shape index (κ3) is 4.57. The number of aromatic nitrogens is 1. The second-order valence-corrected chi connectivity index (χ2v) is 7.40. The maximum atomic E-state index is 12.9. The van der Waals surface area contributed by atoms with Crippen LogP contribution < -0.4 is 0 Å². The van der Waals surface area contributed by atoms with Crippen LogP contribution in [0.25, 0.3) is 0 Å². The number of aliphatic hydroxyl groups excluding tert-OH is 1. The molecule has 0 spiro atoms. The minimum Gasteiger partial charge on any atom is -0.396 e. The van der Waals surface area contributed by atoms with Crippen molar-refractivity contribution in [3.63, 3.8) is 0 Å². The fourth-order valence-corrected chi connectivity index (χ4v) is 3.84. The average Bonchev–Trinajstić information content (AvgIpc) is 2.64. The Kier molecular flexibility index (Phi) is 6.04. The predicted octanol–water partition coefficient (Wildman–Crippen LogP) is 1.10. The highest BCUT2D eigenvalue weighted by Gasteiger charge is 2.31. The quantitative estimate of drug-likeness (QED) is 0.884. The van der Waals surface area contributed by atoms with E-state index in [4.69, 9.17) is 4.74 Å². The van der Waals surface area contributed by atoms with Gasteiger partial charge >= 0.3 is 0 Å². The van der Waals surface area contributed by atoms with E-state index in [1.165, 1.54) is 0 Å². The summed E-state index contributed by atoms with van der Waals surface area (Å²) in [6.07, 6.45) is 2.65. The molecule has 3 heterocycles. The zero-order valence-electron chi connectivity index (χ0n) is 15.3. The van der Waals surface area contributed by atoms with Crippen LogP contribution in [0.1, 0.15) is 28.0 Å². The molecule has 3 rings (SSSR count). The summed E-state index contributed by atoms with van der Waals surface area (Å²) in [5.74, 6) is 0.580. The molecule has 138 valence electrons. The molecule has 1 aromatic heterocycles. The summed E-state index contributed by atoms with van der Waals surface area (Å²) in [4.78, 5) is 21.6. The Bertz CT molecular complexity index is 602. The number of rotatable bonds is 4. The first kappa shape index (κ1) is 18.3. The van der Waals surface area contributed by atoms with Gasteiger partial charge in [-0.2, -0.15) is 0 Å². The smallest absolute Gasteiger partial charge is 0.255 e. The van der Waals surface area contributed by atoms with Gasteiger partial charge in [0.15, 0.2) is 0 Å². The van der Waals surface area contributed by atoms with Gasteiger partial charge in [0, 0.05) is 51.2 Å². The van der Waals surface area contributed by atoms with Crippen molar-refractivity contribution in [3.8, 4) is 0 Å². The number of pyridine rings is 1. The Balaban J connectivity index is 1.68. The van der Waals surface area contributed by atoms with Gasteiger partial charge < -0.3 is 14.7 Å². The van der Waals surface area contributed by atoms with Crippen LogP contribution in [0.2, 0.25) is 0 Å². The van der Waals surface area contributed by atoms with Gasteiger partial charge in [-0.15, -0.1) is 0 Å². The van der Waals surface area contributed by atoms with Gasteiger partial charge in [-0.25, -0.2) is 0 Å². The lowest BCUT2D eigenvalue weighted by Crippen LogP contribution is -2.49. The average molecular weight is 347 g/mol. The first-order valence-electron chi connectivity index (χ1n) is 9.20. The number of hydrogen-bond donors (Lipinski definition) is 1. The summed E-state index contributed by atoms with van der Waals surface area (Å²) < 4.78 is 5.42. The number of ether oxygens (including phenoxy) is 1. The van der Waals surface area contributed by atoms with E-state index in [2.05, 4.69) is 9.88 Å². The Hall–Kier alpha value is -1.50. The van der Waals surface area contributed by atoms with Gasteiger partial charge in [0.05, 0.1) is 18.8 Å². The van der Waals surface area contributed by atoms with E-state index < -0.39 is 0 Å². The second-order valence-electron chi connectivity index (χ2n) is 7.40. The molecular weight excluding hydrogens is 318 g/mol. The zero-order chi connectivity index (χ0) is 17.8. The van der Waals surface area contributed by atoms with Crippen molar-refractivity contribution in [1.82, 2.24) is 14.8 Å². The highest BCUT2D eigenvalue weighted by atomic mass is 16.5. The standard InChI is InChI=1S/C19H29N3O3/c1-14-7-18(9-20-15(14)2)19(24)22-11-16(8-17(12-22)13-23)10-21-3-5-25-6-4-21/h7,9,16-17,23H,3-6,8,10-13H2,1-2H3/t16-,17-/m1/s1. The molecule has 6 nitrogen and oxygen atoms in total. The van der Waals surface area contributed by atoms with Crippen molar-refractivity contribution in [2.24, 2.45) is 11.8 Å². The summed E-state index contributed by atoms with van der Waals surface area (Å²) in [7, 11) is 0. The van der Waals surface area contributed by atoms with Gasteiger partial charge in [-0.3, -0.25) is 14.7 Å². The van der Waals surface area contributed by atoms with Crippen LogP contribution >= 0.6 is 0 Å². The highest BCUT2D eigenvalue weighted by molar-refractivity contribution is 5.94. The third-order valence-electron chi connectivity index (χ3n) is 5.38. The molecule has 25 heavy (non-hydrogen) atoms. The van der Waals surface area contributed by atoms with Crippen molar-refractivity contribution >= 4 is 5.91 Å². The van der Waals surface area contributed by atoms with Crippen molar-refractivity contribution in [2.75, 3.05) is 52.5 Å². The van der Waals surface area contributed by atoms with E-state index in [1.54, 1.807) is 6.20 Å². The molecule has 1 N–H and O–H groups in total. The van der Waals surface area contributed by atoms with Crippen molar-refractivity contribution in [1.29, 1.82) is 0 Å². The molecule has 0 aromatic carbocycles. The topological polar surface area (TPSA) is 65.9 Å². The van der Waals surface area contributed by atoms with Gasteiger partial charge in [-0.05, 0) is 43.7 Å². The Morgan fingerprint density at radius 3 is 2.68 bits per heavy atom. The van der Waals surface area contributed by atoms with Crippen molar-refractivity contribution in [3.05, 3.63) is 29.1 Å². The summed E-state index contributed by atoms with van der Waals surface area (Å²) in [6.45, 7) is 9.88. The van der Waals surface area contributed by atoms with Crippen LogP contribution in [0.5, 0.6) is 0 Å². The molecule has 0 saturated carbocycles. The van der Waals surface area contributed by atoms with Gasteiger partial charge in [0.2, 0.25) is 0 Å². The minimum atomic E-state index is 0.0285. The Morgan fingerprint density at radius 2 is 2.00 bits per heavy atom. The van der Waals surface area contributed by atoms with Crippen LogP contribution in [0, 0.1) is 25.7 Å². The Labute approximate surface area is 149 Å². The predicted molar refractivity (Wildman–Crippen MR) is 95.6 cm³/mol. The number of aryl methyl sites for hydroxylation is 2. The molecular formula is C19H29N3O3. The summed E-state index contributed by atoms with van der Waals surface area (Å²) in [5.41, 5.74) is 2.63. The maximum absolute atomic E-state index is 12.9. The maximum Gasteiger partial charge on any atom is 0.255 e. The highest BCUT2D eigenvalue weighted by Crippen LogP contribution is 2.24. The number of carbonyl (C=O) groups excluding carboxylic acids is 1. The molecule has 0 aliphatic carbocycles. The molecule has 2 fully saturated rings. The molecule has 0 radical (unpaired) electrons. The number of nitrogens with zero attached hydrogens (tertiary/aromatic N) is 3. The molecule has 2 aliphatic rings. The minimum absolute atomic E-state index is 0.0285. The van der Waals surface area contributed by atoms with Crippen LogP contribution in [0.3, 0.4) is 0 Å². The van der Waals surface area contributed by atoms with E-state index in [1.807, 2.05) is 24.8 Å². The molecule has 6 heteroatoms. The number of piperidine rings is 1. The number of likely N-dealkylation sites (tertiary alicyclic amines) is 1. The van der Waals surface area contributed by atoms with Crippen molar-refractivity contribution in [2.45, 2.75) is 20.3 Å². The second kappa shape index (κ2) is 8.25. The van der Waals surface area contributed by atoms with Gasteiger partial charge in [-0.1, -0.05) is 0 Å². The molecule has 0 unspecified atom stereocenters. The van der Waals surface area contributed by atoms with Crippen LogP contribution in [-0.2, 0) is 4.74 Å². The molecule has 2 aliphatic heterocycles. The number of carbonyl (C=O) groups is 1. The van der Waals surface area contributed by atoms with E-state index in [9.17, 15) is 9.90 Å². The lowest BCUT2D eigenvalue weighted by molar-refractivity contribution is 0.0130. The zero-order valence-corrected chi connectivity index (χ0v) is 15.3. The van der Waals surface area contributed by atoms with Crippen LogP contribution in [-0.4, -0.2) is 78.3 Å². The van der Waals surface area contributed by atoms with Crippen LogP contribution in [0.4, 0.5) is 0 Å². The monoisotopic (exact) mass is 347 g/mol. The molecule has 2 saturated heterocycles. The van der Waals surface area contributed by atoms with E-state index in [0.717, 1.165) is 57.1 Å². The number of aliphatic hydroxyl groups is 1. The lowest BCUT2D eigenvalue weighted by atomic mass is 9.88. The fraction of sp³-hybridized carbons (Fsp3) is 0.684. The van der Waals surface area contributed by atoms with E-state index >= 15 is 0 Å². The van der Waals surface area contributed by atoms with E-state index in [0.29, 0.717) is 18.0 Å². The normalized spacial score (nSPS) is 25.2. The number of morpholine rings is 1. The first-order valence-corrected chi connectivity index (χ1v) is 9.20. The molecule has 1 amide bonds. The number of hydrogen-bond acceptors (Lipinski definition) is 5. The van der Waals surface area contributed by atoms with Crippen molar-refractivity contribution < 1.29 is 14.6 Å². The summed E-state index contributed by atoms with van der Waals surface area (Å²) in [5, 5.41) is 9.68. The largest absolute Gasteiger partial charge is 0.396 e. The number of amides is 1. The molecule has 0 bridgehead atoms. The molecule has 1 aromatic rings.